The highest BCUT2D eigenvalue weighted by atomic mass is 16.1. The molecule has 0 radical (unpaired) electrons. The van der Waals surface area contributed by atoms with Crippen LogP contribution < -0.4 is 10.9 Å². The van der Waals surface area contributed by atoms with E-state index in [4.69, 9.17) is 0 Å². The summed E-state index contributed by atoms with van der Waals surface area (Å²) in [4.78, 5) is 15.1. The van der Waals surface area contributed by atoms with E-state index in [2.05, 4.69) is 21.5 Å². The van der Waals surface area contributed by atoms with Crippen molar-refractivity contribution in [1.29, 1.82) is 5.26 Å². The van der Waals surface area contributed by atoms with Crippen LogP contribution in [-0.2, 0) is 0 Å². The second kappa shape index (κ2) is 5.95. The minimum Gasteiger partial charge on any atom is -0.317 e. The van der Waals surface area contributed by atoms with E-state index in [1.807, 2.05) is 22.7 Å². The van der Waals surface area contributed by atoms with E-state index in [1.165, 1.54) is 0 Å². The maximum absolute atomic E-state index is 12.2. The van der Waals surface area contributed by atoms with Gasteiger partial charge in [0, 0.05) is 23.1 Å². The van der Waals surface area contributed by atoms with E-state index in [0.717, 1.165) is 42.8 Å². The summed E-state index contributed by atoms with van der Waals surface area (Å²) in [7, 11) is 0. The Kier molecular flexibility index (Phi) is 3.63. The molecular formula is C18H17N5O. The van der Waals surface area contributed by atoms with E-state index in [9.17, 15) is 10.1 Å². The van der Waals surface area contributed by atoms with Crippen LogP contribution in [0.5, 0.6) is 0 Å². The monoisotopic (exact) mass is 319 g/mol. The fourth-order valence-electron chi connectivity index (χ4n) is 3.43. The van der Waals surface area contributed by atoms with Gasteiger partial charge in [-0.1, -0.05) is 18.2 Å². The molecule has 0 amide bonds. The number of fused-ring (bicyclic) bond motifs is 1. The number of H-pyrrole nitrogens is 1. The van der Waals surface area contributed by atoms with Crippen molar-refractivity contribution < 1.29 is 0 Å². The molecule has 0 atom stereocenters. The Labute approximate surface area is 138 Å². The van der Waals surface area contributed by atoms with Gasteiger partial charge in [0.15, 0.2) is 0 Å². The fraction of sp³-hybridized carbons (Fsp3) is 0.278. The molecule has 1 aliphatic heterocycles. The quantitative estimate of drug-likeness (QED) is 0.757. The van der Waals surface area contributed by atoms with Gasteiger partial charge in [0.2, 0.25) is 0 Å². The molecule has 6 heteroatoms. The van der Waals surface area contributed by atoms with Gasteiger partial charge in [-0.2, -0.15) is 10.4 Å². The Balaban J connectivity index is 1.93. The Morgan fingerprint density at radius 2 is 2.00 bits per heavy atom. The second-order valence-electron chi connectivity index (χ2n) is 6.06. The fourth-order valence-corrected chi connectivity index (χ4v) is 3.43. The van der Waals surface area contributed by atoms with Crippen LogP contribution in [0.15, 0.2) is 41.3 Å². The maximum Gasteiger partial charge on any atom is 0.251 e. The van der Waals surface area contributed by atoms with Gasteiger partial charge in [0.1, 0.15) is 5.65 Å². The van der Waals surface area contributed by atoms with Crippen molar-refractivity contribution in [2.45, 2.75) is 18.8 Å². The minimum atomic E-state index is -0.132. The summed E-state index contributed by atoms with van der Waals surface area (Å²) in [5.74, 6) is 0.315. The molecular weight excluding hydrogens is 302 g/mol. The molecule has 0 unspecified atom stereocenters. The number of aromatic nitrogens is 3. The molecule has 1 fully saturated rings. The molecule has 6 nitrogen and oxygen atoms in total. The number of hydrogen-bond donors (Lipinski definition) is 2. The van der Waals surface area contributed by atoms with Gasteiger partial charge in [0.05, 0.1) is 23.5 Å². The molecule has 0 spiro atoms. The molecule has 0 aliphatic carbocycles. The van der Waals surface area contributed by atoms with E-state index < -0.39 is 0 Å². The number of nitriles is 1. The van der Waals surface area contributed by atoms with Gasteiger partial charge < -0.3 is 10.3 Å². The first-order chi connectivity index (χ1) is 11.8. The molecule has 120 valence electrons. The van der Waals surface area contributed by atoms with Gasteiger partial charge in [-0.25, -0.2) is 4.52 Å². The highest BCUT2D eigenvalue weighted by Gasteiger charge is 2.21. The summed E-state index contributed by atoms with van der Waals surface area (Å²) >= 11 is 0. The average molecular weight is 319 g/mol. The largest absolute Gasteiger partial charge is 0.317 e. The van der Waals surface area contributed by atoms with Crippen LogP contribution in [0.4, 0.5) is 0 Å². The van der Waals surface area contributed by atoms with Crippen molar-refractivity contribution in [3.05, 3.63) is 58.1 Å². The van der Waals surface area contributed by atoms with Crippen LogP contribution in [0.1, 0.15) is 30.0 Å². The molecule has 2 aromatic heterocycles. The summed E-state index contributed by atoms with van der Waals surface area (Å²) in [6.45, 7) is 1.90. The van der Waals surface area contributed by atoms with Crippen LogP contribution in [-0.4, -0.2) is 27.7 Å². The Hall–Kier alpha value is -2.91. The van der Waals surface area contributed by atoms with Crippen LogP contribution in [0.25, 0.3) is 16.8 Å². The highest BCUT2D eigenvalue weighted by Crippen LogP contribution is 2.29. The number of nitrogens with one attached hydrogen (secondary N) is 2. The molecule has 1 saturated heterocycles. The van der Waals surface area contributed by atoms with Crippen LogP contribution in [0, 0.1) is 11.3 Å². The lowest BCUT2D eigenvalue weighted by atomic mass is 9.94. The van der Waals surface area contributed by atoms with Gasteiger partial charge >= 0.3 is 0 Å². The lowest BCUT2D eigenvalue weighted by Crippen LogP contribution is -2.28. The Morgan fingerprint density at radius 3 is 2.79 bits per heavy atom. The zero-order valence-corrected chi connectivity index (χ0v) is 13.1. The van der Waals surface area contributed by atoms with Crippen molar-refractivity contribution in [3.63, 3.8) is 0 Å². The minimum absolute atomic E-state index is 0.132. The van der Waals surface area contributed by atoms with Gasteiger partial charge in [-0.05, 0) is 32.0 Å². The topological polar surface area (TPSA) is 86.0 Å². The average Bonchev–Trinajstić information content (AvgIpc) is 3.05. The number of aromatic amines is 1. The third-order valence-corrected chi connectivity index (χ3v) is 4.63. The number of piperidine rings is 1. The molecule has 1 aliphatic rings. The molecule has 3 aromatic rings. The molecule has 24 heavy (non-hydrogen) atoms. The summed E-state index contributed by atoms with van der Waals surface area (Å²) in [5.41, 5.74) is 3.59. The molecule has 3 heterocycles. The molecule has 4 rings (SSSR count). The van der Waals surface area contributed by atoms with Crippen LogP contribution in [0.2, 0.25) is 0 Å². The van der Waals surface area contributed by atoms with Gasteiger partial charge in [-0.15, -0.1) is 0 Å². The normalized spacial score (nSPS) is 15.5. The molecule has 0 bridgehead atoms. The lowest BCUT2D eigenvalue weighted by molar-refractivity contribution is 0.446. The Morgan fingerprint density at radius 1 is 1.21 bits per heavy atom. The first-order valence-corrected chi connectivity index (χ1v) is 8.09. The summed E-state index contributed by atoms with van der Waals surface area (Å²) in [6, 6.07) is 11.2. The summed E-state index contributed by atoms with van der Waals surface area (Å²) in [6.07, 6.45) is 3.71. The van der Waals surface area contributed by atoms with Gasteiger partial charge in [0.25, 0.3) is 5.56 Å². The van der Waals surface area contributed by atoms with Crippen molar-refractivity contribution in [3.8, 4) is 17.2 Å². The smallest absolute Gasteiger partial charge is 0.251 e. The van der Waals surface area contributed by atoms with Crippen LogP contribution >= 0.6 is 0 Å². The van der Waals surface area contributed by atoms with E-state index in [0.29, 0.717) is 17.1 Å². The predicted octanol–water partition coefficient (Wildman–Crippen LogP) is 2.03. The van der Waals surface area contributed by atoms with E-state index in [1.54, 1.807) is 18.3 Å². The van der Waals surface area contributed by atoms with Crippen molar-refractivity contribution in [2.24, 2.45) is 0 Å². The van der Waals surface area contributed by atoms with E-state index in [-0.39, 0.29) is 5.56 Å². The molecule has 2 N–H and O–H groups in total. The number of hydrogen-bond acceptors (Lipinski definition) is 4. The maximum atomic E-state index is 12.2. The molecule has 1 aromatic carbocycles. The highest BCUT2D eigenvalue weighted by molar-refractivity contribution is 5.80. The third-order valence-electron chi connectivity index (χ3n) is 4.63. The first kappa shape index (κ1) is 14.7. The van der Waals surface area contributed by atoms with Crippen molar-refractivity contribution in [2.75, 3.05) is 13.1 Å². The number of nitrogens with zero attached hydrogens (tertiary/aromatic N) is 3. The van der Waals surface area contributed by atoms with Gasteiger partial charge in [-0.3, -0.25) is 4.79 Å². The number of benzene rings is 1. The Bertz CT molecular complexity index is 989. The summed E-state index contributed by atoms with van der Waals surface area (Å²) < 4.78 is 1.82. The standard InChI is InChI=1S/C18H17N5O/c19-10-13-3-1-2-4-14(13)15-11-21-23-16(9-17(24)22-18(15)23)12-5-7-20-8-6-12/h1-4,9,11-12,20H,5-8H2,(H,22,24). The van der Waals surface area contributed by atoms with Crippen molar-refractivity contribution in [1.82, 2.24) is 19.9 Å². The zero-order chi connectivity index (χ0) is 16.5. The van der Waals surface area contributed by atoms with Crippen LogP contribution in [0.3, 0.4) is 0 Å². The summed E-state index contributed by atoms with van der Waals surface area (Å²) in [5, 5.41) is 17.2. The second-order valence-corrected chi connectivity index (χ2v) is 6.06. The van der Waals surface area contributed by atoms with Crippen molar-refractivity contribution >= 4 is 5.65 Å². The first-order valence-electron chi connectivity index (χ1n) is 8.09. The lowest BCUT2D eigenvalue weighted by Gasteiger charge is -2.23. The molecule has 0 saturated carbocycles. The predicted molar refractivity (Wildman–Crippen MR) is 90.8 cm³/mol. The third kappa shape index (κ3) is 2.39. The zero-order valence-electron chi connectivity index (χ0n) is 13.1. The number of rotatable bonds is 2. The van der Waals surface area contributed by atoms with E-state index >= 15 is 0 Å². The SMILES string of the molecule is N#Cc1ccccc1-c1cnn2c(C3CCNCC3)cc(=O)[nH]c12.